The fourth-order valence-electron chi connectivity index (χ4n) is 1.67. The quantitative estimate of drug-likeness (QED) is 0.599. The molecule has 0 amide bonds. The maximum Gasteiger partial charge on any atom is 0.246 e. The minimum Gasteiger partial charge on any atom is -0.399 e. The molecule has 0 spiro atoms. The van der Waals surface area contributed by atoms with Crippen LogP contribution in [-0.4, -0.2) is 15.0 Å². The van der Waals surface area contributed by atoms with E-state index in [9.17, 15) is 17.2 Å². The van der Waals surface area contributed by atoms with E-state index in [1.807, 2.05) is 6.92 Å². The second-order valence-electron chi connectivity index (χ2n) is 4.27. The van der Waals surface area contributed by atoms with Gasteiger partial charge in [0, 0.05) is 12.2 Å². The second-order valence-corrected chi connectivity index (χ2v) is 5.98. The largest absolute Gasteiger partial charge is 0.399 e. The first-order valence-corrected chi connectivity index (χ1v) is 7.61. The summed E-state index contributed by atoms with van der Waals surface area (Å²) in [7, 11) is -4.18. The molecule has 3 N–H and O–H groups in total. The van der Waals surface area contributed by atoms with E-state index in [2.05, 4.69) is 4.72 Å². The third-order valence-corrected chi connectivity index (χ3v) is 4.12. The van der Waals surface area contributed by atoms with Crippen LogP contribution >= 0.6 is 0 Å². The fraction of sp³-hybridized carbons (Fsp3) is 0.500. The zero-order valence-electron chi connectivity index (χ0n) is 10.7. The summed E-state index contributed by atoms with van der Waals surface area (Å²) in [6.45, 7) is 2.19. The highest BCUT2D eigenvalue weighted by Gasteiger charge is 2.24. The van der Waals surface area contributed by atoms with Crippen LogP contribution in [0.4, 0.5) is 14.5 Å². The van der Waals surface area contributed by atoms with Crippen molar-refractivity contribution in [2.45, 2.75) is 37.5 Å². The first-order valence-electron chi connectivity index (χ1n) is 6.12. The number of halogens is 2. The monoisotopic (exact) mass is 292 g/mol. The molecule has 0 fully saturated rings. The van der Waals surface area contributed by atoms with Gasteiger partial charge in [0.15, 0.2) is 4.90 Å². The molecule has 0 saturated carbocycles. The summed E-state index contributed by atoms with van der Waals surface area (Å²) >= 11 is 0. The van der Waals surface area contributed by atoms with E-state index in [1.165, 1.54) is 0 Å². The number of hydrogen-bond donors (Lipinski definition) is 2. The Morgan fingerprint density at radius 3 is 2.26 bits per heavy atom. The normalized spacial score (nSPS) is 11.7. The molecule has 7 heteroatoms. The number of rotatable bonds is 7. The van der Waals surface area contributed by atoms with E-state index >= 15 is 0 Å². The Morgan fingerprint density at radius 1 is 1.16 bits per heavy atom. The standard InChI is InChI=1S/C12H18F2N2O2S/c1-2-3-4-5-6-16-19(17,18)12-10(13)7-9(15)8-11(12)14/h7-8,16H,2-6,15H2,1H3. The van der Waals surface area contributed by atoms with Gasteiger partial charge in [0.05, 0.1) is 0 Å². The summed E-state index contributed by atoms with van der Waals surface area (Å²) in [6, 6.07) is 1.57. The van der Waals surface area contributed by atoms with Gasteiger partial charge in [0.2, 0.25) is 10.0 Å². The molecule has 1 aromatic rings. The van der Waals surface area contributed by atoms with E-state index in [4.69, 9.17) is 5.73 Å². The van der Waals surface area contributed by atoms with Crippen molar-refractivity contribution in [3.8, 4) is 0 Å². The molecule has 0 saturated heterocycles. The Morgan fingerprint density at radius 2 is 1.74 bits per heavy atom. The molecule has 108 valence electrons. The summed E-state index contributed by atoms with van der Waals surface area (Å²) in [6.07, 6.45) is 3.51. The van der Waals surface area contributed by atoms with Gasteiger partial charge in [0.25, 0.3) is 0 Å². The van der Waals surface area contributed by atoms with Crippen molar-refractivity contribution in [2.75, 3.05) is 12.3 Å². The number of hydrogen-bond acceptors (Lipinski definition) is 3. The number of nitrogens with one attached hydrogen (secondary N) is 1. The molecule has 0 bridgehead atoms. The summed E-state index contributed by atoms with van der Waals surface area (Å²) in [5.74, 6) is -2.36. The van der Waals surface area contributed by atoms with Crippen LogP contribution in [-0.2, 0) is 10.0 Å². The van der Waals surface area contributed by atoms with E-state index in [0.29, 0.717) is 6.42 Å². The predicted octanol–water partition coefficient (Wildman–Crippen LogP) is 2.41. The Hall–Kier alpha value is -1.21. The lowest BCUT2D eigenvalue weighted by Gasteiger charge is -2.09. The lowest BCUT2D eigenvalue weighted by molar-refractivity contribution is 0.513. The minimum absolute atomic E-state index is 0.156. The Bertz CT molecular complexity index is 510. The average molecular weight is 292 g/mol. The Labute approximate surface area is 112 Å². The molecule has 0 unspecified atom stereocenters. The molecular formula is C12H18F2N2O2S. The van der Waals surface area contributed by atoms with Crippen LogP contribution in [0.25, 0.3) is 0 Å². The summed E-state index contributed by atoms with van der Waals surface area (Å²) in [4.78, 5) is -0.975. The third-order valence-electron chi connectivity index (χ3n) is 2.61. The van der Waals surface area contributed by atoms with Crippen molar-refractivity contribution in [2.24, 2.45) is 0 Å². The maximum absolute atomic E-state index is 13.5. The lowest BCUT2D eigenvalue weighted by Crippen LogP contribution is -2.26. The fourth-order valence-corrected chi connectivity index (χ4v) is 2.86. The zero-order valence-corrected chi connectivity index (χ0v) is 11.6. The number of unbranched alkanes of at least 4 members (excludes halogenated alkanes) is 3. The zero-order chi connectivity index (χ0) is 14.5. The minimum atomic E-state index is -4.18. The van der Waals surface area contributed by atoms with Crippen LogP contribution in [0.2, 0.25) is 0 Å². The van der Waals surface area contributed by atoms with Crippen LogP contribution in [0.1, 0.15) is 32.6 Å². The van der Waals surface area contributed by atoms with E-state index in [0.717, 1.165) is 31.4 Å². The van der Waals surface area contributed by atoms with Crippen LogP contribution in [0.5, 0.6) is 0 Å². The molecule has 0 radical (unpaired) electrons. The highest BCUT2D eigenvalue weighted by atomic mass is 32.2. The third kappa shape index (κ3) is 4.43. The number of sulfonamides is 1. The van der Waals surface area contributed by atoms with Gasteiger partial charge in [-0.3, -0.25) is 0 Å². The molecule has 0 atom stereocenters. The van der Waals surface area contributed by atoms with Gasteiger partial charge in [0.1, 0.15) is 11.6 Å². The van der Waals surface area contributed by atoms with Gasteiger partial charge in [-0.05, 0) is 18.6 Å². The van der Waals surface area contributed by atoms with Crippen molar-refractivity contribution in [1.29, 1.82) is 0 Å². The Kier molecular flexibility index (Phi) is 5.68. The van der Waals surface area contributed by atoms with E-state index < -0.39 is 26.6 Å². The van der Waals surface area contributed by atoms with E-state index in [-0.39, 0.29) is 12.2 Å². The van der Waals surface area contributed by atoms with Crippen molar-refractivity contribution < 1.29 is 17.2 Å². The molecule has 1 aromatic carbocycles. The maximum atomic E-state index is 13.5. The van der Waals surface area contributed by atoms with Gasteiger partial charge in [-0.1, -0.05) is 26.2 Å². The molecular weight excluding hydrogens is 274 g/mol. The van der Waals surface area contributed by atoms with Gasteiger partial charge < -0.3 is 5.73 Å². The molecule has 0 aliphatic carbocycles. The number of nitrogen functional groups attached to an aromatic ring is 1. The van der Waals surface area contributed by atoms with E-state index in [1.54, 1.807) is 0 Å². The molecule has 1 rings (SSSR count). The molecule has 0 aliphatic rings. The van der Waals surface area contributed by atoms with Gasteiger partial charge >= 0.3 is 0 Å². The van der Waals surface area contributed by atoms with Gasteiger partial charge in [-0.15, -0.1) is 0 Å². The van der Waals surface area contributed by atoms with Gasteiger partial charge in [-0.25, -0.2) is 21.9 Å². The summed E-state index contributed by atoms with van der Waals surface area (Å²) in [5.41, 5.74) is 5.08. The van der Waals surface area contributed by atoms with Crippen molar-refractivity contribution in [3.05, 3.63) is 23.8 Å². The SMILES string of the molecule is CCCCCCNS(=O)(=O)c1c(F)cc(N)cc1F. The van der Waals surface area contributed by atoms with Crippen LogP contribution in [0, 0.1) is 11.6 Å². The van der Waals surface area contributed by atoms with Gasteiger partial charge in [-0.2, -0.15) is 0 Å². The summed E-state index contributed by atoms with van der Waals surface area (Å²) in [5, 5.41) is 0. The number of nitrogens with two attached hydrogens (primary N) is 1. The topological polar surface area (TPSA) is 72.2 Å². The highest BCUT2D eigenvalue weighted by molar-refractivity contribution is 7.89. The number of benzene rings is 1. The average Bonchev–Trinajstić information content (AvgIpc) is 2.26. The smallest absolute Gasteiger partial charge is 0.246 e. The molecule has 0 heterocycles. The van der Waals surface area contributed by atoms with Crippen LogP contribution in [0.3, 0.4) is 0 Å². The first kappa shape index (κ1) is 15.8. The van der Waals surface area contributed by atoms with Crippen molar-refractivity contribution in [1.82, 2.24) is 4.72 Å². The van der Waals surface area contributed by atoms with Crippen LogP contribution in [0.15, 0.2) is 17.0 Å². The molecule has 0 aliphatic heterocycles. The predicted molar refractivity (Wildman–Crippen MR) is 70.1 cm³/mol. The first-order chi connectivity index (χ1) is 8.88. The molecule has 4 nitrogen and oxygen atoms in total. The lowest BCUT2D eigenvalue weighted by atomic mass is 10.2. The summed E-state index contributed by atoms with van der Waals surface area (Å²) < 4.78 is 52.8. The van der Waals surface area contributed by atoms with Crippen molar-refractivity contribution in [3.63, 3.8) is 0 Å². The highest BCUT2D eigenvalue weighted by Crippen LogP contribution is 2.21. The van der Waals surface area contributed by atoms with Crippen LogP contribution < -0.4 is 10.5 Å². The van der Waals surface area contributed by atoms with Crippen molar-refractivity contribution >= 4 is 15.7 Å². The number of anilines is 1. The molecule has 19 heavy (non-hydrogen) atoms. The molecule has 0 aromatic heterocycles. The second kappa shape index (κ2) is 6.81. The Balaban J connectivity index is 2.78.